The zero-order valence-electron chi connectivity index (χ0n) is 9.18. The molecule has 0 amide bonds. The molecule has 6 heteroatoms. The van der Waals surface area contributed by atoms with E-state index in [1.54, 1.807) is 6.07 Å². The van der Waals surface area contributed by atoms with Gasteiger partial charge in [0.25, 0.3) is 0 Å². The minimum absolute atomic E-state index is 0.129. The summed E-state index contributed by atoms with van der Waals surface area (Å²) in [6.07, 6.45) is 1.56. The molecule has 1 aromatic rings. The highest BCUT2D eigenvalue weighted by atomic mass is 16.6. The molecule has 0 spiro atoms. The quantitative estimate of drug-likeness (QED) is 0.544. The molecule has 0 bridgehead atoms. The molecule has 1 unspecified atom stereocenters. The van der Waals surface area contributed by atoms with Crippen LogP contribution in [0.15, 0.2) is 16.5 Å². The van der Waals surface area contributed by atoms with Gasteiger partial charge >= 0.3 is 5.88 Å². The lowest BCUT2D eigenvalue weighted by Gasteiger charge is -2.14. The van der Waals surface area contributed by atoms with Crippen molar-refractivity contribution in [2.24, 2.45) is 0 Å². The summed E-state index contributed by atoms with van der Waals surface area (Å²) in [5.74, 6) is 0.287. The number of hydrogen-bond donors (Lipinski definition) is 2. The Kier molecular flexibility index (Phi) is 4.94. The van der Waals surface area contributed by atoms with Gasteiger partial charge in [0.1, 0.15) is 10.7 Å². The van der Waals surface area contributed by atoms with Crippen molar-refractivity contribution in [3.63, 3.8) is 0 Å². The SMILES string of the molecule is CCC(CCO)NCc1ccc([N+](=O)[O-])o1. The first kappa shape index (κ1) is 12.7. The molecule has 0 saturated carbocycles. The first-order valence-corrected chi connectivity index (χ1v) is 5.24. The topological polar surface area (TPSA) is 88.5 Å². The number of nitrogens with one attached hydrogen (secondary N) is 1. The molecule has 0 aliphatic rings. The summed E-state index contributed by atoms with van der Waals surface area (Å²) < 4.78 is 4.99. The minimum Gasteiger partial charge on any atom is -0.404 e. The van der Waals surface area contributed by atoms with Crippen LogP contribution < -0.4 is 5.32 Å². The summed E-state index contributed by atoms with van der Waals surface area (Å²) in [5.41, 5.74) is 0. The molecule has 1 atom stereocenters. The van der Waals surface area contributed by atoms with Gasteiger partial charge in [-0.05, 0) is 18.9 Å². The molecular weight excluding hydrogens is 212 g/mol. The van der Waals surface area contributed by atoms with Gasteiger partial charge in [0.2, 0.25) is 0 Å². The fourth-order valence-electron chi connectivity index (χ4n) is 1.41. The van der Waals surface area contributed by atoms with E-state index in [-0.39, 0.29) is 18.5 Å². The number of furan rings is 1. The molecule has 0 aromatic carbocycles. The molecule has 6 nitrogen and oxygen atoms in total. The van der Waals surface area contributed by atoms with Crippen LogP contribution in [0.1, 0.15) is 25.5 Å². The van der Waals surface area contributed by atoms with Crippen molar-refractivity contribution < 1.29 is 14.4 Å². The van der Waals surface area contributed by atoms with E-state index in [4.69, 9.17) is 9.52 Å². The molecular formula is C10H16N2O4. The van der Waals surface area contributed by atoms with Crippen molar-refractivity contribution >= 4 is 5.88 Å². The standard InChI is InChI=1S/C10H16N2O4/c1-2-8(5-6-13)11-7-9-3-4-10(16-9)12(14)15/h3-4,8,11,13H,2,5-7H2,1H3. The number of nitro groups is 1. The highest BCUT2D eigenvalue weighted by Crippen LogP contribution is 2.15. The largest absolute Gasteiger partial charge is 0.433 e. The van der Waals surface area contributed by atoms with E-state index in [0.29, 0.717) is 18.7 Å². The molecule has 0 fully saturated rings. The van der Waals surface area contributed by atoms with Crippen LogP contribution >= 0.6 is 0 Å². The zero-order valence-corrected chi connectivity index (χ0v) is 9.18. The molecule has 1 heterocycles. The van der Waals surface area contributed by atoms with Gasteiger partial charge in [-0.25, -0.2) is 0 Å². The van der Waals surface area contributed by atoms with E-state index in [0.717, 1.165) is 6.42 Å². The highest BCUT2D eigenvalue weighted by molar-refractivity contribution is 5.17. The summed E-state index contributed by atoms with van der Waals surface area (Å²) in [6, 6.07) is 3.12. The van der Waals surface area contributed by atoms with Crippen LogP contribution in [-0.2, 0) is 6.54 Å². The third-order valence-electron chi connectivity index (χ3n) is 2.36. The van der Waals surface area contributed by atoms with E-state index < -0.39 is 4.92 Å². The second kappa shape index (κ2) is 6.24. The van der Waals surface area contributed by atoms with Crippen molar-refractivity contribution in [3.8, 4) is 0 Å². The fraction of sp³-hybridized carbons (Fsp3) is 0.600. The average Bonchev–Trinajstić information content (AvgIpc) is 2.73. The molecule has 0 radical (unpaired) electrons. The maximum absolute atomic E-state index is 10.4. The van der Waals surface area contributed by atoms with Crippen LogP contribution in [0.25, 0.3) is 0 Å². The smallest absolute Gasteiger partial charge is 0.404 e. The van der Waals surface area contributed by atoms with Gasteiger partial charge in [0, 0.05) is 12.6 Å². The highest BCUT2D eigenvalue weighted by Gasteiger charge is 2.12. The Hall–Kier alpha value is -1.40. The maximum Gasteiger partial charge on any atom is 0.433 e. The van der Waals surface area contributed by atoms with Crippen LogP contribution in [0.5, 0.6) is 0 Å². The third kappa shape index (κ3) is 3.63. The summed E-state index contributed by atoms with van der Waals surface area (Å²) >= 11 is 0. The first-order valence-electron chi connectivity index (χ1n) is 5.24. The zero-order chi connectivity index (χ0) is 12.0. The lowest BCUT2D eigenvalue weighted by molar-refractivity contribution is -0.402. The van der Waals surface area contributed by atoms with Crippen molar-refractivity contribution in [3.05, 3.63) is 28.0 Å². The van der Waals surface area contributed by atoms with Crippen molar-refractivity contribution in [1.82, 2.24) is 5.32 Å². The summed E-state index contributed by atoms with van der Waals surface area (Å²) in [4.78, 5) is 9.81. The lowest BCUT2D eigenvalue weighted by atomic mass is 10.1. The second-order valence-electron chi connectivity index (χ2n) is 3.50. The van der Waals surface area contributed by atoms with Gasteiger partial charge in [0.15, 0.2) is 0 Å². The number of aliphatic hydroxyl groups excluding tert-OH is 1. The Morgan fingerprint density at radius 3 is 2.88 bits per heavy atom. The number of aliphatic hydroxyl groups is 1. The fourth-order valence-corrected chi connectivity index (χ4v) is 1.41. The molecule has 0 aliphatic carbocycles. The predicted octanol–water partition coefficient (Wildman–Crippen LogP) is 1.44. The van der Waals surface area contributed by atoms with E-state index >= 15 is 0 Å². The monoisotopic (exact) mass is 228 g/mol. The third-order valence-corrected chi connectivity index (χ3v) is 2.36. The molecule has 1 rings (SSSR count). The number of hydrogen-bond acceptors (Lipinski definition) is 5. The molecule has 2 N–H and O–H groups in total. The Labute approximate surface area is 93.4 Å². The molecule has 0 saturated heterocycles. The van der Waals surface area contributed by atoms with E-state index in [9.17, 15) is 10.1 Å². The lowest BCUT2D eigenvalue weighted by Crippen LogP contribution is -2.28. The summed E-state index contributed by atoms with van der Waals surface area (Å²) in [5, 5.41) is 22.3. The van der Waals surface area contributed by atoms with Crippen LogP contribution in [0.4, 0.5) is 5.88 Å². The predicted molar refractivity (Wildman–Crippen MR) is 58.0 cm³/mol. The van der Waals surface area contributed by atoms with Crippen LogP contribution in [0.2, 0.25) is 0 Å². The van der Waals surface area contributed by atoms with Crippen molar-refractivity contribution in [1.29, 1.82) is 0 Å². The van der Waals surface area contributed by atoms with Crippen molar-refractivity contribution in [2.75, 3.05) is 6.61 Å². The first-order chi connectivity index (χ1) is 7.67. The van der Waals surface area contributed by atoms with Crippen molar-refractivity contribution in [2.45, 2.75) is 32.4 Å². The van der Waals surface area contributed by atoms with E-state index in [2.05, 4.69) is 5.32 Å². The molecule has 90 valence electrons. The number of nitrogens with zero attached hydrogens (tertiary/aromatic N) is 1. The van der Waals surface area contributed by atoms with Gasteiger partial charge in [-0.15, -0.1) is 0 Å². The summed E-state index contributed by atoms with van der Waals surface area (Å²) in [6.45, 7) is 2.58. The average molecular weight is 228 g/mol. The van der Waals surface area contributed by atoms with E-state index in [1.807, 2.05) is 6.92 Å². The Morgan fingerprint density at radius 1 is 1.62 bits per heavy atom. The van der Waals surface area contributed by atoms with Gasteiger partial charge in [0.05, 0.1) is 12.6 Å². The van der Waals surface area contributed by atoms with Gasteiger partial charge < -0.3 is 14.8 Å². The van der Waals surface area contributed by atoms with E-state index in [1.165, 1.54) is 6.07 Å². The number of rotatable bonds is 7. The van der Waals surface area contributed by atoms with Crippen LogP contribution in [-0.4, -0.2) is 22.7 Å². The minimum atomic E-state index is -0.561. The van der Waals surface area contributed by atoms with Gasteiger partial charge in [-0.3, -0.25) is 10.1 Å². The summed E-state index contributed by atoms with van der Waals surface area (Å²) in [7, 11) is 0. The molecule has 16 heavy (non-hydrogen) atoms. The van der Waals surface area contributed by atoms with Crippen LogP contribution in [0, 0.1) is 10.1 Å². The van der Waals surface area contributed by atoms with Crippen LogP contribution in [0.3, 0.4) is 0 Å². The maximum atomic E-state index is 10.4. The Balaban J connectivity index is 2.44. The molecule has 0 aliphatic heterocycles. The second-order valence-corrected chi connectivity index (χ2v) is 3.50. The molecule has 1 aromatic heterocycles. The Morgan fingerprint density at radius 2 is 2.38 bits per heavy atom. The van der Waals surface area contributed by atoms with Gasteiger partial charge in [-0.1, -0.05) is 6.92 Å². The van der Waals surface area contributed by atoms with Gasteiger partial charge in [-0.2, -0.15) is 0 Å². The Bertz CT molecular complexity index is 337. The normalized spacial score (nSPS) is 12.6.